The molecule has 0 amide bonds. The first kappa shape index (κ1) is 23.2. The van der Waals surface area contributed by atoms with Crippen LogP contribution in [0.4, 0.5) is 10.1 Å². The summed E-state index contributed by atoms with van der Waals surface area (Å²) in [6.45, 7) is 6.23. The number of hydrogen-bond donors (Lipinski definition) is 2. The topological polar surface area (TPSA) is 57.5 Å². The fourth-order valence-electron chi connectivity index (χ4n) is 2.77. The van der Waals surface area contributed by atoms with Crippen LogP contribution in [0, 0.1) is 19.7 Å². The van der Waals surface area contributed by atoms with Crippen LogP contribution in [0.2, 0.25) is 0 Å². The van der Waals surface area contributed by atoms with Crippen molar-refractivity contribution in [3.05, 3.63) is 47.0 Å². The Labute approximate surface area is 178 Å². The highest BCUT2D eigenvalue weighted by molar-refractivity contribution is 14.0. The first-order valence-corrected chi connectivity index (χ1v) is 8.82. The lowest BCUT2D eigenvalue weighted by Gasteiger charge is -2.15. The maximum atomic E-state index is 14.0. The molecule has 150 valence electrons. The lowest BCUT2D eigenvalue weighted by Crippen LogP contribution is -2.37. The van der Waals surface area contributed by atoms with Gasteiger partial charge in [-0.3, -0.25) is 9.67 Å². The molecule has 8 heteroatoms. The largest absolute Gasteiger partial charge is 0.375 e. The summed E-state index contributed by atoms with van der Waals surface area (Å²) in [7, 11) is 5.38. The summed E-state index contributed by atoms with van der Waals surface area (Å²) in [6, 6.07) is 7.34. The fraction of sp³-hybridized carbons (Fsp3) is 0.474. The van der Waals surface area contributed by atoms with Crippen molar-refractivity contribution in [2.75, 3.05) is 32.6 Å². The van der Waals surface area contributed by atoms with E-state index in [1.807, 2.05) is 31.8 Å². The van der Waals surface area contributed by atoms with Crippen LogP contribution in [-0.4, -0.2) is 43.4 Å². The van der Waals surface area contributed by atoms with Crippen molar-refractivity contribution in [1.82, 2.24) is 20.4 Å². The molecule has 2 N–H and O–H groups in total. The highest BCUT2D eigenvalue weighted by atomic mass is 127. The predicted octanol–water partition coefficient (Wildman–Crippen LogP) is 3.08. The number of aliphatic imine (C=N–C) groups is 1. The predicted molar refractivity (Wildman–Crippen MR) is 121 cm³/mol. The zero-order valence-electron chi connectivity index (χ0n) is 16.7. The van der Waals surface area contributed by atoms with Gasteiger partial charge >= 0.3 is 0 Å². The van der Waals surface area contributed by atoms with Crippen molar-refractivity contribution in [2.24, 2.45) is 4.99 Å². The van der Waals surface area contributed by atoms with E-state index in [1.165, 1.54) is 5.69 Å². The average Bonchev–Trinajstić information content (AvgIpc) is 2.91. The van der Waals surface area contributed by atoms with E-state index in [1.54, 1.807) is 24.1 Å². The van der Waals surface area contributed by atoms with Crippen LogP contribution >= 0.6 is 24.0 Å². The van der Waals surface area contributed by atoms with Crippen LogP contribution in [0.25, 0.3) is 0 Å². The molecule has 27 heavy (non-hydrogen) atoms. The molecule has 0 aliphatic rings. The maximum absolute atomic E-state index is 14.0. The summed E-state index contributed by atoms with van der Waals surface area (Å²) in [4.78, 5) is 5.97. The molecule has 6 nitrogen and oxygen atoms in total. The van der Waals surface area contributed by atoms with E-state index < -0.39 is 0 Å². The van der Waals surface area contributed by atoms with E-state index in [4.69, 9.17) is 0 Å². The van der Waals surface area contributed by atoms with Gasteiger partial charge < -0.3 is 15.5 Å². The summed E-state index contributed by atoms with van der Waals surface area (Å²) in [5.74, 6) is 0.484. The number of anilines is 1. The molecule has 2 rings (SSSR count). The highest BCUT2D eigenvalue weighted by Gasteiger charge is 2.06. The first-order valence-electron chi connectivity index (χ1n) is 8.82. The van der Waals surface area contributed by atoms with Gasteiger partial charge in [-0.15, -0.1) is 24.0 Å². The van der Waals surface area contributed by atoms with Crippen LogP contribution in [0.15, 0.2) is 29.3 Å². The Kier molecular flexibility index (Phi) is 9.54. The van der Waals surface area contributed by atoms with Crippen molar-refractivity contribution in [3.8, 4) is 0 Å². The summed E-state index contributed by atoms with van der Waals surface area (Å²) >= 11 is 0. The molecule has 0 bridgehead atoms. The SMILES string of the molecule is CN=C(NCCCn1nc(C)cc1C)NCc1ccc(N(C)C)c(F)c1.I. The number of benzene rings is 1. The molecule has 0 fully saturated rings. The molecule has 1 aromatic carbocycles. The van der Waals surface area contributed by atoms with Gasteiger partial charge in [0, 0.05) is 46.5 Å². The van der Waals surface area contributed by atoms with E-state index in [2.05, 4.69) is 33.7 Å². The second-order valence-electron chi connectivity index (χ2n) is 6.54. The molecule has 0 saturated carbocycles. The Balaban J connectivity index is 0.00000364. The number of halogens is 2. The zero-order chi connectivity index (χ0) is 19.1. The van der Waals surface area contributed by atoms with Crippen LogP contribution in [0.5, 0.6) is 0 Å². The molecule has 0 spiro atoms. The van der Waals surface area contributed by atoms with E-state index in [0.717, 1.165) is 30.8 Å². The van der Waals surface area contributed by atoms with Gasteiger partial charge in [0.25, 0.3) is 0 Å². The van der Waals surface area contributed by atoms with Gasteiger partial charge in [-0.1, -0.05) is 6.07 Å². The molecule has 0 radical (unpaired) electrons. The van der Waals surface area contributed by atoms with Gasteiger partial charge in [0.1, 0.15) is 5.82 Å². The third-order valence-electron chi connectivity index (χ3n) is 4.12. The number of hydrogen-bond acceptors (Lipinski definition) is 3. The van der Waals surface area contributed by atoms with Crippen molar-refractivity contribution in [2.45, 2.75) is 33.4 Å². The molecule has 1 aromatic heterocycles. The van der Waals surface area contributed by atoms with Crippen LogP contribution in [0.3, 0.4) is 0 Å². The Morgan fingerprint density at radius 1 is 1.22 bits per heavy atom. The Morgan fingerprint density at radius 2 is 1.96 bits per heavy atom. The van der Waals surface area contributed by atoms with Gasteiger partial charge in [0.2, 0.25) is 0 Å². The van der Waals surface area contributed by atoms with Crippen molar-refractivity contribution in [3.63, 3.8) is 0 Å². The molecular formula is C19H30FIN6. The fourth-order valence-corrected chi connectivity index (χ4v) is 2.77. The third-order valence-corrected chi connectivity index (χ3v) is 4.12. The zero-order valence-corrected chi connectivity index (χ0v) is 19.0. The summed E-state index contributed by atoms with van der Waals surface area (Å²) in [5.41, 5.74) is 3.67. The number of guanidine groups is 1. The maximum Gasteiger partial charge on any atom is 0.191 e. The van der Waals surface area contributed by atoms with Gasteiger partial charge in [0.05, 0.1) is 11.4 Å². The van der Waals surface area contributed by atoms with Gasteiger partial charge in [0.15, 0.2) is 5.96 Å². The average molecular weight is 488 g/mol. The lowest BCUT2D eigenvalue weighted by molar-refractivity contribution is 0.555. The standard InChI is InChI=1S/C19H29FN6.HI/c1-14-11-15(2)26(24-14)10-6-9-22-19(21-3)23-13-16-7-8-18(25(4)5)17(20)12-16;/h7-8,11-12H,6,9-10,13H2,1-5H3,(H2,21,22,23);1H. The Morgan fingerprint density at radius 3 is 2.52 bits per heavy atom. The number of nitrogens with zero attached hydrogens (tertiary/aromatic N) is 4. The minimum absolute atomic E-state index is 0. The molecule has 0 aliphatic carbocycles. The van der Waals surface area contributed by atoms with Gasteiger partial charge in [-0.25, -0.2) is 4.39 Å². The molecule has 0 unspecified atom stereocenters. The number of aryl methyl sites for hydroxylation is 3. The molecule has 0 atom stereocenters. The van der Waals surface area contributed by atoms with Crippen LogP contribution < -0.4 is 15.5 Å². The molecule has 0 saturated heterocycles. The highest BCUT2D eigenvalue weighted by Crippen LogP contribution is 2.18. The van der Waals surface area contributed by atoms with Crippen molar-refractivity contribution >= 4 is 35.6 Å². The minimum Gasteiger partial charge on any atom is -0.375 e. The van der Waals surface area contributed by atoms with Gasteiger partial charge in [-0.05, 0) is 44.0 Å². The van der Waals surface area contributed by atoms with Crippen molar-refractivity contribution < 1.29 is 4.39 Å². The molecule has 1 heterocycles. The lowest BCUT2D eigenvalue weighted by atomic mass is 10.2. The minimum atomic E-state index is -0.220. The van der Waals surface area contributed by atoms with E-state index >= 15 is 0 Å². The molecular weight excluding hydrogens is 458 g/mol. The van der Waals surface area contributed by atoms with Crippen LogP contribution in [-0.2, 0) is 13.1 Å². The molecule has 0 aliphatic heterocycles. The van der Waals surface area contributed by atoms with Gasteiger partial charge in [-0.2, -0.15) is 5.10 Å². The third kappa shape index (κ3) is 7.00. The monoisotopic (exact) mass is 488 g/mol. The van der Waals surface area contributed by atoms with E-state index in [-0.39, 0.29) is 29.8 Å². The Hall–Kier alpha value is -1.84. The van der Waals surface area contributed by atoms with E-state index in [9.17, 15) is 4.39 Å². The number of nitrogens with one attached hydrogen (secondary N) is 2. The second kappa shape index (κ2) is 11.1. The van der Waals surface area contributed by atoms with Crippen molar-refractivity contribution in [1.29, 1.82) is 0 Å². The van der Waals surface area contributed by atoms with Crippen LogP contribution in [0.1, 0.15) is 23.4 Å². The first-order chi connectivity index (χ1) is 12.4. The summed E-state index contributed by atoms with van der Waals surface area (Å²) in [5, 5.41) is 10.9. The number of aromatic nitrogens is 2. The quantitative estimate of drug-likeness (QED) is 0.272. The normalized spacial score (nSPS) is 11.1. The summed E-state index contributed by atoms with van der Waals surface area (Å²) < 4.78 is 16.0. The smallest absolute Gasteiger partial charge is 0.191 e. The number of rotatable bonds is 7. The summed E-state index contributed by atoms with van der Waals surface area (Å²) in [6.07, 6.45) is 0.939. The molecule has 2 aromatic rings. The Bertz CT molecular complexity index is 757. The van der Waals surface area contributed by atoms with E-state index in [0.29, 0.717) is 18.2 Å². The second-order valence-corrected chi connectivity index (χ2v) is 6.54.